The first-order chi connectivity index (χ1) is 24.5. The zero-order chi connectivity index (χ0) is 37.8. The number of alkyl halides is 6. The van der Waals surface area contributed by atoms with Crippen LogP contribution >= 0.6 is 9.24 Å². The van der Waals surface area contributed by atoms with Crippen LogP contribution in [0.25, 0.3) is 22.3 Å². The van der Waals surface area contributed by atoms with Crippen LogP contribution in [0.3, 0.4) is 0 Å². The fourth-order valence-electron chi connectivity index (χ4n) is 7.10. The fourth-order valence-corrected chi connectivity index (χ4v) is 7.59. The van der Waals surface area contributed by atoms with Gasteiger partial charge in [0.05, 0.1) is 0 Å². The van der Waals surface area contributed by atoms with Crippen LogP contribution in [0.5, 0.6) is 11.5 Å². The van der Waals surface area contributed by atoms with E-state index in [0.717, 1.165) is 80.5 Å². The molecule has 2 saturated carbocycles. The first-order valence-corrected chi connectivity index (χ1v) is 17.8. The lowest BCUT2D eigenvalue weighted by molar-refractivity contribution is -0.276. The summed E-state index contributed by atoms with van der Waals surface area (Å²) in [7, 11) is 2.55. The van der Waals surface area contributed by atoms with E-state index in [2.05, 4.69) is 32.6 Å². The Morgan fingerprint density at radius 1 is 0.538 bits per heavy atom. The van der Waals surface area contributed by atoms with Gasteiger partial charge in [-0.25, -0.2) is 13.2 Å². The van der Waals surface area contributed by atoms with Gasteiger partial charge in [-0.05, 0) is 113 Å². The molecule has 0 aromatic heterocycles. The topological polar surface area (TPSA) is 18.5 Å². The molecule has 0 aliphatic heterocycles. The van der Waals surface area contributed by atoms with Crippen molar-refractivity contribution in [3.05, 3.63) is 101 Å². The highest BCUT2D eigenvalue weighted by Crippen LogP contribution is 2.39. The van der Waals surface area contributed by atoms with Crippen LogP contribution in [-0.2, 0) is 0 Å². The molecular weight excluding hydrogens is 714 g/mol. The Hall–Kier alpha value is -3.72. The maximum atomic E-state index is 14.8. The lowest BCUT2D eigenvalue weighted by Gasteiger charge is -2.27. The summed E-state index contributed by atoms with van der Waals surface area (Å²) in [4.78, 5) is 0. The molecular formula is C40H40F9O2P. The van der Waals surface area contributed by atoms with Gasteiger partial charge < -0.3 is 9.47 Å². The molecule has 0 amide bonds. The molecule has 4 aromatic carbocycles. The van der Waals surface area contributed by atoms with E-state index in [4.69, 9.17) is 0 Å². The van der Waals surface area contributed by atoms with Crippen LogP contribution in [-0.4, -0.2) is 12.7 Å². The van der Waals surface area contributed by atoms with Crippen LogP contribution in [0.15, 0.2) is 72.8 Å². The average Bonchev–Trinajstić information content (AvgIpc) is 3.06. The first-order valence-electron chi connectivity index (χ1n) is 17.3. The Bertz CT molecular complexity index is 1780. The van der Waals surface area contributed by atoms with Gasteiger partial charge in [-0.3, -0.25) is 0 Å². The second-order valence-corrected chi connectivity index (χ2v) is 14.5. The first kappa shape index (κ1) is 39.5. The SMILES string of the molecule is CC1CCC(c2cc(F)c(-c3ccc(OC(F)(F)F)cc3)c(P)c2)CC1.CC1CCC(c2ccc(-c3ccc(OC(F)(F)F)c(F)c3)c(F)c2)CC1. The molecule has 1 unspecified atom stereocenters. The summed E-state index contributed by atoms with van der Waals surface area (Å²) in [5, 5.41) is 0.711. The average molecular weight is 755 g/mol. The van der Waals surface area contributed by atoms with E-state index >= 15 is 0 Å². The van der Waals surface area contributed by atoms with Crippen molar-refractivity contribution in [2.45, 2.75) is 89.8 Å². The number of hydrogen-bond acceptors (Lipinski definition) is 2. The van der Waals surface area contributed by atoms with Crippen LogP contribution in [0.2, 0.25) is 0 Å². The van der Waals surface area contributed by atoms with Crippen LogP contribution < -0.4 is 14.8 Å². The number of halogens is 9. The maximum absolute atomic E-state index is 14.8. The molecule has 2 aliphatic carbocycles. The van der Waals surface area contributed by atoms with Crippen molar-refractivity contribution < 1.29 is 49.0 Å². The van der Waals surface area contributed by atoms with Crippen LogP contribution in [0.4, 0.5) is 39.5 Å². The van der Waals surface area contributed by atoms with E-state index in [1.807, 2.05) is 12.1 Å². The van der Waals surface area contributed by atoms with E-state index in [1.165, 1.54) is 36.4 Å². The summed E-state index contributed by atoms with van der Waals surface area (Å²) < 4.78 is 124. The molecule has 4 aromatic rings. The summed E-state index contributed by atoms with van der Waals surface area (Å²) in [6, 6.07) is 16.6. The van der Waals surface area contributed by atoms with Gasteiger partial charge in [-0.15, -0.1) is 35.6 Å². The summed E-state index contributed by atoms with van der Waals surface area (Å²) in [5.41, 5.74) is 3.14. The third-order valence-electron chi connectivity index (χ3n) is 9.96. The molecule has 0 saturated heterocycles. The van der Waals surface area contributed by atoms with Gasteiger partial charge in [0.1, 0.15) is 17.4 Å². The second-order valence-electron chi connectivity index (χ2n) is 13.9. The lowest BCUT2D eigenvalue weighted by atomic mass is 9.79. The van der Waals surface area contributed by atoms with E-state index in [0.29, 0.717) is 34.2 Å². The van der Waals surface area contributed by atoms with E-state index in [-0.39, 0.29) is 22.7 Å². The van der Waals surface area contributed by atoms with Gasteiger partial charge in [0, 0.05) is 11.1 Å². The number of hydrogen-bond donors (Lipinski definition) is 0. The second kappa shape index (κ2) is 16.5. The van der Waals surface area contributed by atoms with Crippen molar-refractivity contribution in [2.75, 3.05) is 0 Å². The molecule has 2 nitrogen and oxygen atoms in total. The van der Waals surface area contributed by atoms with Gasteiger partial charge in [0.25, 0.3) is 0 Å². The van der Waals surface area contributed by atoms with Crippen molar-refractivity contribution in [2.24, 2.45) is 11.8 Å². The number of benzene rings is 4. The Morgan fingerprint density at radius 2 is 1.06 bits per heavy atom. The Balaban J connectivity index is 0.000000201. The molecule has 6 rings (SSSR count). The maximum Gasteiger partial charge on any atom is 0.573 e. The van der Waals surface area contributed by atoms with Crippen molar-refractivity contribution in [3.63, 3.8) is 0 Å². The summed E-state index contributed by atoms with van der Waals surface area (Å²) in [6.45, 7) is 4.45. The Kier molecular flexibility index (Phi) is 12.5. The number of rotatable bonds is 6. The summed E-state index contributed by atoms with van der Waals surface area (Å²) in [5.74, 6) is -1.20. The molecule has 0 bridgehead atoms. The normalized spacial score (nSPS) is 20.8. The van der Waals surface area contributed by atoms with Crippen molar-refractivity contribution in [1.82, 2.24) is 0 Å². The molecule has 0 heterocycles. The highest BCUT2D eigenvalue weighted by molar-refractivity contribution is 7.28. The molecule has 1 atom stereocenters. The highest BCUT2D eigenvalue weighted by atomic mass is 31.0. The van der Waals surface area contributed by atoms with Gasteiger partial charge in [0.15, 0.2) is 11.6 Å². The summed E-state index contributed by atoms with van der Waals surface area (Å²) in [6.07, 6.45) is -1.04. The molecule has 12 heteroatoms. The minimum atomic E-state index is -4.98. The van der Waals surface area contributed by atoms with Crippen molar-refractivity contribution in [1.29, 1.82) is 0 Å². The monoisotopic (exact) mass is 754 g/mol. The highest BCUT2D eigenvalue weighted by Gasteiger charge is 2.33. The molecule has 2 fully saturated rings. The standard InChI is InChI=1S/C20H19F5O.C20H21F4OP/c1-12-2-4-13(5-3-12)14-6-8-16(17(21)10-14)15-7-9-19(18(22)11-15)26-20(23,24)25;1-12-2-4-13(5-3-12)15-10-17(21)19(18(26)11-15)14-6-8-16(9-7-14)25-20(22,23)24/h6-13H,2-5H2,1H3;6-13H,2-5,26H2,1H3. The molecule has 0 radical (unpaired) electrons. The van der Waals surface area contributed by atoms with E-state index < -0.39 is 30.1 Å². The van der Waals surface area contributed by atoms with Crippen LogP contribution in [0.1, 0.15) is 88.2 Å². The van der Waals surface area contributed by atoms with E-state index in [1.54, 1.807) is 12.1 Å². The molecule has 0 N–H and O–H groups in total. The predicted molar refractivity (Wildman–Crippen MR) is 187 cm³/mol. The summed E-state index contributed by atoms with van der Waals surface area (Å²) >= 11 is 0. The van der Waals surface area contributed by atoms with E-state index in [9.17, 15) is 39.5 Å². The minimum Gasteiger partial charge on any atom is -0.406 e. The Labute approximate surface area is 299 Å². The number of ether oxygens (including phenoxy) is 2. The molecule has 280 valence electrons. The van der Waals surface area contributed by atoms with Gasteiger partial charge >= 0.3 is 12.7 Å². The van der Waals surface area contributed by atoms with Crippen LogP contribution in [0, 0.1) is 29.3 Å². The van der Waals surface area contributed by atoms with Crippen molar-refractivity contribution >= 4 is 14.5 Å². The third-order valence-corrected chi connectivity index (χ3v) is 10.4. The van der Waals surface area contributed by atoms with Gasteiger partial charge in [-0.1, -0.05) is 75.9 Å². The molecule has 0 spiro atoms. The quantitative estimate of drug-likeness (QED) is 0.144. The zero-order valence-corrected chi connectivity index (χ0v) is 29.8. The fraction of sp³-hybridized carbons (Fsp3) is 0.400. The minimum absolute atomic E-state index is 0.149. The van der Waals surface area contributed by atoms with Gasteiger partial charge in [0.2, 0.25) is 0 Å². The van der Waals surface area contributed by atoms with Crippen molar-refractivity contribution in [3.8, 4) is 33.8 Å². The molecule has 52 heavy (non-hydrogen) atoms. The largest absolute Gasteiger partial charge is 0.573 e. The Morgan fingerprint density at radius 3 is 1.56 bits per heavy atom. The predicted octanol–water partition coefficient (Wildman–Crippen LogP) is 13.0. The van der Waals surface area contributed by atoms with Gasteiger partial charge in [-0.2, -0.15) is 0 Å². The third kappa shape index (κ3) is 10.7. The smallest absolute Gasteiger partial charge is 0.406 e. The lowest BCUT2D eigenvalue weighted by Crippen LogP contribution is -2.17. The zero-order valence-electron chi connectivity index (χ0n) is 28.7. The molecule has 2 aliphatic rings.